The number of hydrogen-bond acceptors (Lipinski definition) is 4. The zero-order valence-electron chi connectivity index (χ0n) is 13.1. The van der Waals surface area contributed by atoms with Gasteiger partial charge in [0, 0.05) is 18.3 Å². The normalized spacial score (nSPS) is 19.9. The Morgan fingerprint density at radius 2 is 2.00 bits per heavy atom. The Morgan fingerprint density at radius 3 is 2.71 bits per heavy atom. The highest BCUT2D eigenvalue weighted by Gasteiger charge is 2.28. The van der Waals surface area contributed by atoms with Crippen molar-refractivity contribution in [2.45, 2.75) is 38.0 Å². The molecular formula is C16H25NO2S2. The molecule has 1 N–H and O–H groups in total. The lowest BCUT2D eigenvalue weighted by molar-refractivity contribution is 0.547. The van der Waals surface area contributed by atoms with Gasteiger partial charge in [-0.15, -0.1) is 0 Å². The fourth-order valence-corrected chi connectivity index (χ4v) is 4.48. The highest BCUT2D eigenvalue weighted by Crippen LogP contribution is 2.27. The number of hydrogen-bond donors (Lipinski definition) is 1. The van der Waals surface area contributed by atoms with Gasteiger partial charge in [0.2, 0.25) is 0 Å². The maximum absolute atomic E-state index is 12.2. The zero-order valence-corrected chi connectivity index (χ0v) is 14.7. The second kappa shape index (κ2) is 6.71. The highest BCUT2D eigenvalue weighted by molar-refractivity contribution is 7.99. The molecule has 0 fully saturated rings. The first kappa shape index (κ1) is 16.8. The van der Waals surface area contributed by atoms with Crippen LogP contribution in [0.2, 0.25) is 0 Å². The number of sulfone groups is 1. The second-order valence-electron chi connectivity index (χ2n) is 6.46. The van der Waals surface area contributed by atoms with E-state index in [1.807, 2.05) is 11.8 Å². The van der Waals surface area contributed by atoms with E-state index in [1.54, 1.807) is 20.8 Å². The molecule has 0 aliphatic carbocycles. The predicted molar refractivity (Wildman–Crippen MR) is 91.8 cm³/mol. The lowest BCUT2D eigenvalue weighted by Crippen LogP contribution is -2.36. The molecule has 5 heteroatoms. The number of aryl methyl sites for hydroxylation is 1. The van der Waals surface area contributed by atoms with Crippen LogP contribution in [0.5, 0.6) is 0 Å². The standard InChI is InChI=1S/C16H25NO2S2/c1-16(2,3)21(18,19)11-9-17-15-12-20-10-8-13-6-4-5-7-14(13)15/h4-7,15,17H,8-12H2,1-3H3/t15-/m0/s1. The Bertz CT molecular complexity index is 576. The van der Waals surface area contributed by atoms with Gasteiger partial charge in [0.15, 0.2) is 9.84 Å². The Morgan fingerprint density at radius 1 is 1.29 bits per heavy atom. The van der Waals surface area contributed by atoms with Crippen LogP contribution in [0.15, 0.2) is 24.3 Å². The van der Waals surface area contributed by atoms with Crippen molar-refractivity contribution in [3.63, 3.8) is 0 Å². The molecule has 0 aromatic heterocycles. The van der Waals surface area contributed by atoms with Crippen molar-refractivity contribution in [2.75, 3.05) is 23.8 Å². The lowest BCUT2D eigenvalue weighted by atomic mass is 10.00. The monoisotopic (exact) mass is 327 g/mol. The molecule has 1 aliphatic heterocycles. The molecule has 1 aliphatic rings. The maximum Gasteiger partial charge on any atom is 0.156 e. The van der Waals surface area contributed by atoms with Crippen LogP contribution >= 0.6 is 11.8 Å². The van der Waals surface area contributed by atoms with Crippen LogP contribution in [0, 0.1) is 0 Å². The smallest absolute Gasteiger partial charge is 0.156 e. The van der Waals surface area contributed by atoms with E-state index in [4.69, 9.17) is 0 Å². The van der Waals surface area contributed by atoms with Gasteiger partial charge in [-0.05, 0) is 44.1 Å². The molecule has 118 valence electrons. The fraction of sp³-hybridized carbons (Fsp3) is 0.625. The minimum Gasteiger partial charge on any atom is -0.308 e. The van der Waals surface area contributed by atoms with Crippen molar-refractivity contribution in [1.82, 2.24) is 5.32 Å². The summed E-state index contributed by atoms with van der Waals surface area (Å²) in [6.07, 6.45) is 1.10. The number of nitrogens with one attached hydrogen (secondary N) is 1. The van der Waals surface area contributed by atoms with E-state index in [9.17, 15) is 8.42 Å². The van der Waals surface area contributed by atoms with E-state index in [0.717, 1.165) is 17.9 Å². The summed E-state index contributed by atoms with van der Waals surface area (Å²) in [6, 6.07) is 8.74. The van der Waals surface area contributed by atoms with Crippen molar-refractivity contribution in [1.29, 1.82) is 0 Å². The van der Waals surface area contributed by atoms with Crippen LogP contribution < -0.4 is 5.32 Å². The molecule has 1 atom stereocenters. The van der Waals surface area contributed by atoms with Crippen LogP contribution in [0.1, 0.15) is 37.9 Å². The molecule has 1 heterocycles. The van der Waals surface area contributed by atoms with Crippen molar-refractivity contribution < 1.29 is 8.42 Å². The third kappa shape index (κ3) is 4.24. The van der Waals surface area contributed by atoms with Crippen molar-refractivity contribution in [2.24, 2.45) is 0 Å². The highest BCUT2D eigenvalue weighted by atomic mass is 32.2. The van der Waals surface area contributed by atoms with Gasteiger partial charge in [-0.1, -0.05) is 24.3 Å². The molecule has 1 aromatic rings. The average molecular weight is 328 g/mol. The molecular weight excluding hydrogens is 302 g/mol. The van der Waals surface area contributed by atoms with E-state index < -0.39 is 14.6 Å². The van der Waals surface area contributed by atoms with Crippen LogP contribution in [-0.2, 0) is 16.3 Å². The molecule has 2 rings (SSSR count). The van der Waals surface area contributed by atoms with E-state index in [-0.39, 0.29) is 11.8 Å². The number of fused-ring (bicyclic) bond motifs is 1. The molecule has 0 amide bonds. The van der Waals surface area contributed by atoms with Gasteiger partial charge in [0.1, 0.15) is 0 Å². The number of thioether (sulfide) groups is 1. The van der Waals surface area contributed by atoms with E-state index in [0.29, 0.717) is 6.54 Å². The quantitative estimate of drug-likeness (QED) is 0.924. The van der Waals surface area contributed by atoms with Gasteiger partial charge in [0.05, 0.1) is 10.5 Å². The fourth-order valence-electron chi connectivity index (χ4n) is 2.42. The van der Waals surface area contributed by atoms with E-state index in [1.165, 1.54) is 11.1 Å². The van der Waals surface area contributed by atoms with Crippen LogP contribution in [0.25, 0.3) is 0 Å². The Kier molecular flexibility index (Phi) is 5.38. The first-order chi connectivity index (χ1) is 9.81. The summed E-state index contributed by atoms with van der Waals surface area (Å²) in [5.74, 6) is 2.34. The summed E-state index contributed by atoms with van der Waals surface area (Å²) in [5.41, 5.74) is 2.72. The van der Waals surface area contributed by atoms with Crippen LogP contribution in [-0.4, -0.2) is 37.0 Å². The summed E-state index contributed by atoms with van der Waals surface area (Å²) in [4.78, 5) is 0. The largest absolute Gasteiger partial charge is 0.308 e. The Labute approximate surface area is 132 Å². The van der Waals surface area contributed by atoms with Gasteiger partial charge in [0.25, 0.3) is 0 Å². The SMILES string of the molecule is CC(C)(C)S(=O)(=O)CCN[C@H]1CSCCc2ccccc21. The van der Waals surface area contributed by atoms with Gasteiger partial charge >= 0.3 is 0 Å². The van der Waals surface area contributed by atoms with Gasteiger partial charge in [-0.2, -0.15) is 11.8 Å². The average Bonchev–Trinajstić information content (AvgIpc) is 2.60. The molecule has 0 saturated carbocycles. The Hall–Kier alpha value is -0.520. The number of rotatable bonds is 4. The molecule has 21 heavy (non-hydrogen) atoms. The molecule has 1 aromatic carbocycles. The topological polar surface area (TPSA) is 46.2 Å². The second-order valence-corrected chi connectivity index (χ2v) is 10.5. The van der Waals surface area contributed by atoms with Crippen LogP contribution in [0.4, 0.5) is 0 Å². The molecule has 0 spiro atoms. The molecule has 0 radical (unpaired) electrons. The minimum absolute atomic E-state index is 0.194. The van der Waals surface area contributed by atoms with E-state index in [2.05, 4.69) is 29.6 Å². The third-order valence-electron chi connectivity index (χ3n) is 3.93. The molecule has 0 unspecified atom stereocenters. The summed E-state index contributed by atoms with van der Waals surface area (Å²) in [6.45, 7) is 5.80. The summed E-state index contributed by atoms with van der Waals surface area (Å²) in [5, 5.41) is 3.45. The van der Waals surface area contributed by atoms with Crippen molar-refractivity contribution in [3.8, 4) is 0 Å². The number of benzene rings is 1. The van der Waals surface area contributed by atoms with Gasteiger partial charge < -0.3 is 5.32 Å². The first-order valence-corrected chi connectivity index (χ1v) is 10.2. The zero-order chi connectivity index (χ0) is 15.5. The maximum atomic E-state index is 12.2. The lowest BCUT2D eigenvalue weighted by Gasteiger charge is -2.22. The van der Waals surface area contributed by atoms with Crippen molar-refractivity contribution >= 4 is 21.6 Å². The summed E-state index contributed by atoms with van der Waals surface area (Å²) >= 11 is 1.93. The summed E-state index contributed by atoms with van der Waals surface area (Å²) in [7, 11) is -3.05. The minimum atomic E-state index is -3.05. The molecule has 0 saturated heterocycles. The van der Waals surface area contributed by atoms with Gasteiger partial charge in [-0.25, -0.2) is 8.42 Å². The Balaban J connectivity index is 2.01. The van der Waals surface area contributed by atoms with Gasteiger partial charge in [-0.3, -0.25) is 0 Å². The first-order valence-electron chi connectivity index (χ1n) is 7.42. The molecule has 0 bridgehead atoms. The predicted octanol–water partition coefficient (Wildman–Crippen LogP) is 2.82. The summed E-state index contributed by atoms with van der Waals surface area (Å²) < 4.78 is 23.6. The van der Waals surface area contributed by atoms with Crippen molar-refractivity contribution in [3.05, 3.63) is 35.4 Å². The molecule has 3 nitrogen and oxygen atoms in total. The van der Waals surface area contributed by atoms with Crippen LogP contribution in [0.3, 0.4) is 0 Å². The van der Waals surface area contributed by atoms with E-state index >= 15 is 0 Å². The third-order valence-corrected chi connectivity index (χ3v) is 7.59.